The summed E-state index contributed by atoms with van der Waals surface area (Å²) in [7, 11) is 1.35. The molecule has 3 aromatic rings. The average Bonchev–Trinajstić information content (AvgIpc) is 2.96. The van der Waals surface area contributed by atoms with Crippen LogP contribution >= 0.6 is 11.6 Å². The zero-order valence-corrected chi connectivity index (χ0v) is 16.5. The number of methoxy groups -OCH3 is 1. The van der Waals surface area contributed by atoms with Crippen molar-refractivity contribution in [2.45, 2.75) is 20.4 Å². The average molecular weight is 400 g/mol. The van der Waals surface area contributed by atoms with Gasteiger partial charge < -0.3 is 4.74 Å². The summed E-state index contributed by atoms with van der Waals surface area (Å²) in [6.07, 6.45) is 1.81. The Morgan fingerprint density at radius 3 is 2.61 bits per heavy atom. The number of benzene rings is 2. The zero-order valence-electron chi connectivity index (χ0n) is 15.7. The van der Waals surface area contributed by atoms with Gasteiger partial charge in [-0.05, 0) is 37.3 Å². The van der Waals surface area contributed by atoms with Crippen LogP contribution in [0.5, 0.6) is 0 Å². The molecule has 1 aliphatic heterocycles. The Kier molecular flexibility index (Phi) is 5.90. The second kappa shape index (κ2) is 8.35. The first-order valence-corrected chi connectivity index (χ1v) is 8.97. The first-order chi connectivity index (χ1) is 13.4. The predicted molar refractivity (Wildman–Crippen MR) is 107 cm³/mol. The number of rotatable bonds is 1. The summed E-state index contributed by atoms with van der Waals surface area (Å²) in [5.41, 5.74) is 3.79. The van der Waals surface area contributed by atoms with Gasteiger partial charge >= 0.3 is 5.97 Å². The molecule has 2 heterocycles. The van der Waals surface area contributed by atoms with E-state index < -0.39 is 0 Å². The number of aliphatic imine (C=N–C) groups is 1. The van der Waals surface area contributed by atoms with Gasteiger partial charge in [-0.2, -0.15) is 0 Å². The van der Waals surface area contributed by atoms with E-state index in [1.807, 2.05) is 42.0 Å². The van der Waals surface area contributed by atoms with Crippen LogP contribution in [-0.2, 0) is 16.1 Å². The summed E-state index contributed by atoms with van der Waals surface area (Å²) < 4.78 is 20.5. The molecule has 0 spiro atoms. The summed E-state index contributed by atoms with van der Waals surface area (Å²) in [5, 5.41) is 0.592. The quantitative estimate of drug-likeness (QED) is 0.566. The summed E-state index contributed by atoms with van der Waals surface area (Å²) in [5.74, 6) is 0.331. The highest BCUT2D eigenvalue weighted by Crippen LogP contribution is 2.29. The topological polar surface area (TPSA) is 56.5 Å². The molecular formula is C21H19ClFN3O2. The third kappa shape index (κ3) is 3.97. The fraction of sp³-hybridized carbons (Fsp3) is 0.190. The molecule has 0 amide bonds. The maximum absolute atomic E-state index is 14.3. The van der Waals surface area contributed by atoms with Crippen LogP contribution in [0.15, 0.2) is 53.7 Å². The minimum Gasteiger partial charge on any atom is -0.469 e. The second-order valence-electron chi connectivity index (χ2n) is 6.13. The summed E-state index contributed by atoms with van der Waals surface area (Å²) in [6, 6.07) is 12.3. The van der Waals surface area contributed by atoms with Gasteiger partial charge in [-0.1, -0.05) is 23.7 Å². The highest BCUT2D eigenvalue weighted by atomic mass is 35.5. The molecule has 0 fully saturated rings. The van der Waals surface area contributed by atoms with E-state index in [4.69, 9.17) is 11.6 Å². The van der Waals surface area contributed by atoms with E-state index in [9.17, 15) is 9.18 Å². The molecule has 144 valence electrons. The highest BCUT2D eigenvalue weighted by molar-refractivity contribution is 6.31. The number of hydrogen-bond donors (Lipinski definition) is 0. The van der Waals surface area contributed by atoms with Gasteiger partial charge in [0.25, 0.3) is 0 Å². The molecule has 0 saturated carbocycles. The summed E-state index contributed by atoms with van der Waals surface area (Å²) in [4.78, 5) is 18.6. The number of aromatic nitrogens is 2. The molecule has 0 N–H and O–H groups in total. The Hall–Kier alpha value is -2.99. The molecule has 5 nitrogen and oxygen atoms in total. The largest absolute Gasteiger partial charge is 0.469 e. The van der Waals surface area contributed by atoms with Crippen LogP contribution in [0, 0.1) is 12.7 Å². The Labute approximate surface area is 167 Å². The van der Waals surface area contributed by atoms with Crippen LogP contribution < -0.4 is 0 Å². The number of fused-ring (bicyclic) bond motifs is 3. The lowest BCUT2D eigenvalue weighted by molar-refractivity contribution is -0.137. The monoisotopic (exact) mass is 399 g/mol. The predicted octanol–water partition coefficient (Wildman–Crippen LogP) is 4.50. The number of ether oxygens (including phenoxy) is 1. The smallest absolute Gasteiger partial charge is 0.302 e. The molecule has 0 radical (unpaired) electrons. The van der Waals surface area contributed by atoms with Crippen molar-refractivity contribution in [3.63, 3.8) is 0 Å². The van der Waals surface area contributed by atoms with E-state index >= 15 is 0 Å². The first kappa shape index (κ1) is 19.8. The van der Waals surface area contributed by atoms with Gasteiger partial charge in [0.15, 0.2) is 0 Å². The molecule has 0 bridgehead atoms. The van der Waals surface area contributed by atoms with Crippen molar-refractivity contribution < 1.29 is 13.9 Å². The molecule has 7 heteroatoms. The van der Waals surface area contributed by atoms with Gasteiger partial charge in [0.05, 0.1) is 36.9 Å². The molecule has 0 unspecified atom stereocenters. The van der Waals surface area contributed by atoms with Gasteiger partial charge in [-0.3, -0.25) is 14.4 Å². The van der Waals surface area contributed by atoms with Gasteiger partial charge in [-0.15, -0.1) is 0 Å². The van der Waals surface area contributed by atoms with E-state index in [0.29, 0.717) is 22.8 Å². The molecule has 1 aromatic heterocycles. The SMILES string of the molecule is COC(C)=O.Cc1ncc2n1-c1ccc(Cl)cc1C(c1ccccc1F)=NC2. The third-order valence-electron chi connectivity index (χ3n) is 4.28. The highest BCUT2D eigenvalue weighted by Gasteiger charge is 2.22. The summed E-state index contributed by atoms with van der Waals surface area (Å²) >= 11 is 6.19. The van der Waals surface area contributed by atoms with Crippen LogP contribution in [0.25, 0.3) is 5.69 Å². The van der Waals surface area contributed by atoms with Crippen LogP contribution in [0.3, 0.4) is 0 Å². The normalized spacial score (nSPS) is 12.0. The first-order valence-electron chi connectivity index (χ1n) is 8.59. The number of nitrogens with zero attached hydrogens (tertiary/aromatic N) is 3. The van der Waals surface area contributed by atoms with Crippen molar-refractivity contribution in [3.05, 3.63) is 82.1 Å². The Morgan fingerprint density at radius 2 is 1.93 bits per heavy atom. The minimum absolute atomic E-state index is 0.245. The van der Waals surface area contributed by atoms with E-state index in [1.165, 1.54) is 20.1 Å². The molecule has 0 saturated heterocycles. The van der Waals surface area contributed by atoms with Crippen molar-refractivity contribution in [2.75, 3.05) is 7.11 Å². The van der Waals surface area contributed by atoms with Crippen LogP contribution in [0.1, 0.15) is 29.6 Å². The number of aryl methyl sites for hydroxylation is 1. The van der Waals surface area contributed by atoms with E-state index in [-0.39, 0.29) is 11.8 Å². The lowest BCUT2D eigenvalue weighted by Gasteiger charge is -2.14. The third-order valence-corrected chi connectivity index (χ3v) is 4.52. The Balaban J connectivity index is 0.000000403. The Bertz CT molecular complexity index is 1060. The van der Waals surface area contributed by atoms with Crippen molar-refractivity contribution in [1.82, 2.24) is 9.55 Å². The maximum Gasteiger partial charge on any atom is 0.302 e. The maximum atomic E-state index is 14.3. The Morgan fingerprint density at radius 1 is 1.21 bits per heavy atom. The van der Waals surface area contributed by atoms with E-state index in [2.05, 4.69) is 14.7 Å². The fourth-order valence-electron chi connectivity index (χ4n) is 2.95. The zero-order chi connectivity index (χ0) is 20.3. The van der Waals surface area contributed by atoms with Crippen molar-refractivity contribution >= 4 is 23.3 Å². The fourth-order valence-corrected chi connectivity index (χ4v) is 3.13. The minimum atomic E-state index is -0.293. The van der Waals surface area contributed by atoms with Crippen molar-refractivity contribution in [1.29, 1.82) is 0 Å². The van der Waals surface area contributed by atoms with Crippen LogP contribution in [-0.4, -0.2) is 28.3 Å². The number of carbonyl (C=O) groups excluding carboxylic acids is 1. The number of halogens is 2. The number of esters is 1. The molecule has 4 rings (SSSR count). The molecule has 1 aliphatic rings. The van der Waals surface area contributed by atoms with Gasteiger partial charge in [-0.25, -0.2) is 9.37 Å². The molecule has 28 heavy (non-hydrogen) atoms. The van der Waals surface area contributed by atoms with Crippen molar-refractivity contribution in [3.8, 4) is 5.69 Å². The molecule has 0 aliphatic carbocycles. The lowest BCUT2D eigenvalue weighted by atomic mass is 10.00. The van der Waals surface area contributed by atoms with Gasteiger partial charge in [0.1, 0.15) is 11.6 Å². The van der Waals surface area contributed by atoms with Gasteiger partial charge in [0, 0.05) is 23.1 Å². The lowest BCUT2D eigenvalue weighted by Crippen LogP contribution is -2.09. The number of hydrogen-bond acceptors (Lipinski definition) is 4. The molecular weight excluding hydrogens is 381 g/mol. The van der Waals surface area contributed by atoms with Gasteiger partial charge in [0.2, 0.25) is 0 Å². The van der Waals surface area contributed by atoms with Crippen LogP contribution in [0.2, 0.25) is 5.02 Å². The van der Waals surface area contributed by atoms with Crippen molar-refractivity contribution in [2.24, 2.45) is 4.99 Å². The molecule has 2 aromatic carbocycles. The second-order valence-corrected chi connectivity index (χ2v) is 6.57. The number of carbonyl (C=O) groups is 1. The number of imidazole rings is 1. The standard InChI is InChI=1S/C18H13ClFN3.C3H6O2/c1-11-21-9-13-10-22-18(14-4-2-3-5-16(14)20)15-8-12(19)6-7-17(15)23(11)13;1-3(4)5-2/h2-9H,10H2,1H3;1-2H3. The summed E-state index contributed by atoms with van der Waals surface area (Å²) in [6.45, 7) is 3.74. The van der Waals surface area contributed by atoms with Crippen LogP contribution in [0.4, 0.5) is 4.39 Å². The molecule has 0 atom stereocenters. The van der Waals surface area contributed by atoms with E-state index in [1.54, 1.807) is 12.1 Å². The van der Waals surface area contributed by atoms with E-state index in [0.717, 1.165) is 22.8 Å².